The summed E-state index contributed by atoms with van der Waals surface area (Å²) in [5.74, 6) is 0.0378. The van der Waals surface area contributed by atoms with Crippen molar-refractivity contribution >= 4 is 12.0 Å². The summed E-state index contributed by atoms with van der Waals surface area (Å²) in [6.45, 7) is 0. The van der Waals surface area contributed by atoms with Crippen LogP contribution in [0.25, 0.3) is 6.08 Å². The van der Waals surface area contributed by atoms with Crippen molar-refractivity contribution in [3.63, 3.8) is 0 Å². The number of benzene rings is 1. The van der Waals surface area contributed by atoms with Gasteiger partial charge in [0.1, 0.15) is 11.5 Å². The lowest BCUT2D eigenvalue weighted by Crippen LogP contribution is -1.88. The number of aliphatic carboxylic acids is 1. The quantitative estimate of drug-likeness (QED) is 0.860. The number of ether oxygens (including phenoxy) is 1. The maximum atomic E-state index is 10.4. The molecule has 0 saturated carbocycles. The minimum absolute atomic E-state index is 0.488. The van der Waals surface area contributed by atoms with Crippen LogP contribution in [-0.4, -0.2) is 16.1 Å². The van der Waals surface area contributed by atoms with Gasteiger partial charge in [0, 0.05) is 12.3 Å². The Hall–Kier alpha value is -3.13. The molecule has 0 atom stereocenters. The summed E-state index contributed by atoms with van der Waals surface area (Å²) in [7, 11) is 0. The monoisotopic (exact) mass is 266 g/mol. The van der Waals surface area contributed by atoms with E-state index in [0.29, 0.717) is 22.6 Å². The molecule has 0 spiro atoms. The van der Waals surface area contributed by atoms with Gasteiger partial charge in [0.05, 0.1) is 17.8 Å². The van der Waals surface area contributed by atoms with Crippen molar-refractivity contribution < 1.29 is 14.6 Å². The third-order valence-corrected chi connectivity index (χ3v) is 2.37. The van der Waals surface area contributed by atoms with Gasteiger partial charge in [-0.25, -0.2) is 4.79 Å². The molecule has 0 bridgehead atoms. The molecule has 5 heteroatoms. The van der Waals surface area contributed by atoms with Gasteiger partial charge < -0.3 is 9.84 Å². The molecule has 0 amide bonds. The van der Waals surface area contributed by atoms with Crippen LogP contribution in [0.4, 0.5) is 0 Å². The normalized spacial score (nSPS) is 10.2. The summed E-state index contributed by atoms with van der Waals surface area (Å²) in [6.07, 6.45) is 5.52. The molecular formula is C15H10N2O3. The SMILES string of the molecule is N#Cc1ccc(Oc2cncc(/C=C/C(=O)O)c2)cc1. The Kier molecular flexibility index (Phi) is 4.10. The van der Waals surface area contributed by atoms with Gasteiger partial charge in [-0.3, -0.25) is 4.98 Å². The van der Waals surface area contributed by atoms with Gasteiger partial charge in [0.2, 0.25) is 0 Å². The predicted molar refractivity (Wildman–Crippen MR) is 72.1 cm³/mol. The second-order valence-electron chi connectivity index (χ2n) is 3.86. The molecule has 0 aliphatic rings. The van der Waals surface area contributed by atoms with Crippen molar-refractivity contribution in [1.82, 2.24) is 4.98 Å². The van der Waals surface area contributed by atoms with Crippen LogP contribution in [0.15, 0.2) is 48.8 Å². The molecule has 1 N–H and O–H groups in total. The first-order valence-corrected chi connectivity index (χ1v) is 5.71. The van der Waals surface area contributed by atoms with Crippen molar-refractivity contribution in [2.24, 2.45) is 0 Å². The van der Waals surface area contributed by atoms with Crippen molar-refractivity contribution in [1.29, 1.82) is 5.26 Å². The number of carbonyl (C=O) groups is 1. The number of pyridine rings is 1. The first kappa shape index (κ1) is 13.3. The molecule has 5 nitrogen and oxygen atoms in total. The molecule has 0 aliphatic carbocycles. The Morgan fingerprint density at radius 1 is 1.25 bits per heavy atom. The first-order valence-electron chi connectivity index (χ1n) is 5.71. The fourth-order valence-electron chi connectivity index (χ4n) is 1.48. The number of carboxylic acid groups (broad SMARTS) is 1. The van der Waals surface area contributed by atoms with Gasteiger partial charge in [-0.1, -0.05) is 0 Å². The lowest BCUT2D eigenvalue weighted by atomic mass is 10.2. The van der Waals surface area contributed by atoms with Crippen LogP contribution in [0.5, 0.6) is 11.5 Å². The van der Waals surface area contributed by atoms with E-state index in [1.165, 1.54) is 18.5 Å². The molecule has 0 fully saturated rings. The summed E-state index contributed by atoms with van der Waals surface area (Å²) in [5.41, 5.74) is 1.17. The Bertz CT molecular complexity index is 685. The summed E-state index contributed by atoms with van der Waals surface area (Å²) in [6, 6.07) is 10.4. The van der Waals surface area contributed by atoms with E-state index in [2.05, 4.69) is 4.98 Å². The van der Waals surface area contributed by atoms with Crippen molar-refractivity contribution in [3.05, 3.63) is 59.9 Å². The number of hydrogen-bond acceptors (Lipinski definition) is 4. The minimum atomic E-state index is -1.02. The van der Waals surface area contributed by atoms with Crippen LogP contribution < -0.4 is 4.74 Å². The number of carboxylic acids is 1. The molecular weight excluding hydrogens is 256 g/mol. The number of rotatable bonds is 4. The van der Waals surface area contributed by atoms with Gasteiger partial charge in [0.25, 0.3) is 0 Å². The fourth-order valence-corrected chi connectivity index (χ4v) is 1.48. The van der Waals surface area contributed by atoms with Gasteiger partial charge in [-0.05, 0) is 42.0 Å². The Morgan fingerprint density at radius 2 is 2.00 bits per heavy atom. The number of nitriles is 1. The highest BCUT2D eigenvalue weighted by atomic mass is 16.5. The smallest absolute Gasteiger partial charge is 0.328 e. The van der Waals surface area contributed by atoms with E-state index < -0.39 is 5.97 Å². The number of hydrogen-bond donors (Lipinski definition) is 1. The Morgan fingerprint density at radius 3 is 2.65 bits per heavy atom. The molecule has 0 saturated heterocycles. The maximum Gasteiger partial charge on any atom is 0.328 e. The molecule has 0 unspecified atom stereocenters. The van der Waals surface area contributed by atoms with Crippen molar-refractivity contribution in [2.45, 2.75) is 0 Å². The van der Waals surface area contributed by atoms with E-state index in [-0.39, 0.29) is 0 Å². The van der Waals surface area contributed by atoms with E-state index in [1.54, 1.807) is 30.3 Å². The van der Waals surface area contributed by atoms with E-state index >= 15 is 0 Å². The zero-order chi connectivity index (χ0) is 14.4. The van der Waals surface area contributed by atoms with Crippen LogP contribution in [0, 0.1) is 11.3 Å². The number of aromatic nitrogens is 1. The molecule has 0 radical (unpaired) electrons. The van der Waals surface area contributed by atoms with Gasteiger partial charge in [0.15, 0.2) is 0 Å². The Balaban J connectivity index is 2.15. The second-order valence-corrected chi connectivity index (χ2v) is 3.86. The van der Waals surface area contributed by atoms with Crippen LogP contribution in [0.3, 0.4) is 0 Å². The van der Waals surface area contributed by atoms with Gasteiger partial charge in [-0.2, -0.15) is 5.26 Å². The molecule has 1 aromatic carbocycles. The topological polar surface area (TPSA) is 83.2 Å². The maximum absolute atomic E-state index is 10.4. The largest absolute Gasteiger partial charge is 0.478 e. The highest BCUT2D eigenvalue weighted by molar-refractivity contribution is 5.85. The molecule has 2 aromatic rings. The summed E-state index contributed by atoms with van der Waals surface area (Å²) in [5, 5.41) is 17.3. The van der Waals surface area contributed by atoms with E-state index in [1.807, 2.05) is 6.07 Å². The minimum Gasteiger partial charge on any atom is -0.478 e. The Labute approximate surface area is 115 Å². The zero-order valence-corrected chi connectivity index (χ0v) is 10.4. The van der Waals surface area contributed by atoms with Gasteiger partial charge >= 0.3 is 5.97 Å². The molecule has 2 rings (SSSR count). The van der Waals surface area contributed by atoms with Crippen LogP contribution in [-0.2, 0) is 4.79 Å². The van der Waals surface area contributed by atoms with Crippen LogP contribution >= 0.6 is 0 Å². The van der Waals surface area contributed by atoms with Crippen molar-refractivity contribution in [3.8, 4) is 17.6 Å². The summed E-state index contributed by atoms with van der Waals surface area (Å²) < 4.78 is 5.57. The molecule has 1 heterocycles. The van der Waals surface area contributed by atoms with Gasteiger partial charge in [-0.15, -0.1) is 0 Å². The van der Waals surface area contributed by atoms with Crippen LogP contribution in [0.1, 0.15) is 11.1 Å². The fraction of sp³-hybridized carbons (Fsp3) is 0. The second kappa shape index (κ2) is 6.16. The third-order valence-electron chi connectivity index (χ3n) is 2.37. The summed E-state index contributed by atoms with van der Waals surface area (Å²) >= 11 is 0. The average molecular weight is 266 g/mol. The lowest BCUT2D eigenvalue weighted by molar-refractivity contribution is -0.131. The standard InChI is InChI=1S/C15H10N2O3/c16-8-11-1-4-13(5-2-11)20-14-7-12(9-17-10-14)3-6-15(18)19/h1-7,9-10H,(H,18,19)/b6-3+. The highest BCUT2D eigenvalue weighted by Gasteiger charge is 1.99. The predicted octanol–water partition coefficient (Wildman–Crippen LogP) is 2.84. The van der Waals surface area contributed by atoms with E-state index in [0.717, 1.165) is 6.08 Å². The number of nitrogens with zero attached hydrogens (tertiary/aromatic N) is 2. The van der Waals surface area contributed by atoms with Crippen LogP contribution in [0.2, 0.25) is 0 Å². The third kappa shape index (κ3) is 3.68. The average Bonchev–Trinajstić information content (AvgIpc) is 2.46. The van der Waals surface area contributed by atoms with Crippen molar-refractivity contribution in [2.75, 3.05) is 0 Å². The van der Waals surface area contributed by atoms with E-state index in [9.17, 15) is 4.79 Å². The zero-order valence-electron chi connectivity index (χ0n) is 10.4. The van der Waals surface area contributed by atoms with E-state index in [4.69, 9.17) is 15.1 Å². The molecule has 0 aliphatic heterocycles. The summed E-state index contributed by atoms with van der Waals surface area (Å²) in [4.78, 5) is 14.4. The lowest BCUT2D eigenvalue weighted by Gasteiger charge is -2.05. The molecule has 20 heavy (non-hydrogen) atoms. The highest BCUT2D eigenvalue weighted by Crippen LogP contribution is 2.22. The first-order chi connectivity index (χ1) is 9.67. The molecule has 1 aromatic heterocycles. The molecule has 98 valence electrons.